The van der Waals surface area contributed by atoms with E-state index in [0.29, 0.717) is 56.2 Å². The normalized spacial score (nSPS) is 17.3. The Morgan fingerprint density at radius 1 is 1.04 bits per heavy atom. The van der Waals surface area contributed by atoms with E-state index >= 15 is 0 Å². The summed E-state index contributed by atoms with van der Waals surface area (Å²) >= 11 is 0. The third kappa shape index (κ3) is 9.70. The number of carbonyl (C=O) groups is 3. The quantitative estimate of drug-likeness (QED) is 0.0588. The average molecular weight is 703 g/mol. The van der Waals surface area contributed by atoms with Gasteiger partial charge in [0.05, 0.1) is 18.1 Å². The molecule has 48 heavy (non-hydrogen) atoms. The molecule has 1 aliphatic carbocycles. The molecule has 0 aliphatic heterocycles. The lowest BCUT2D eigenvalue weighted by Crippen LogP contribution is -2.56. The molecule has 1 aliphatic rings. The molecule has 13 nitrogen and oxygen atoms in total. The molecule has 4 atom stereocenters. The van der Waals surface area contributed by atoms with Gasteiger partial charge in [-0.05, 0) is 49.4 Å². The molecule has 0 bridgehead atoms. The number of hydrogen-bond acceptors (Lipinski definition) is 8. The Labute approximate surface area is 281 Å². The largest absolute Gasteiger partial charge is 0.480 e. The number of aromatic amines is 1. The van der Waals surface area contributed by atoms with Gasteiger partial charge >= 0.3 is 19.2 Å². The number of fused-ring (bicyclic) bond motifs is 1. The lowest BCUT2D eigenvalue weighted by molar-refractivity contribution is -0.143. The van der Waals surface area contributed by atoms with E-state index in [0.717, 1.165) is 17.2 Å². The summed E-state index contributed by atoms with van der Waals surface area (Å²) in [7, 11) is -6.62. The Morgan fingerprint density at radius 3 is 2.35 bits per heavy atom. The van der Waals surface area contributed by atoms with Gasteiger partial charge in [-0.2, -0.15) is 0 Å². The van der Waals surface area contributed by atoms with E-state index in [-0.39, 0.29) is 25.4 Å². The van der Waals surface area contributed by atoms with Crippen LogP contribution in [0.2, 0.25) is 0 Å². The number of nitrogens with two attached hydrogens (primary N) is 1. The maximum atomic E-state index is 14.3. The van der Waals surface area contributed by atoms with E-state index in [2.05, 4.69) is 20.3 Å². The number of para-hydroxylation sites is 1. The summed E-state index contributed by atoms with van der Waals surface area (Å²) in [6.45, 7) is 0.339. The minimum atomic E-state index is -3.83. The van der Waals surface area contributed by atoms with Gasteiger partial charge in [0.1, 0.15) is 12.1 Å². The number of sulfonamides is 1. The predicted octanol–water partition coefficient (Wildman–Crippen LogP) is 2.72. The van der Waals surface area contributed by atoms with Crippen molar-refractivity contribution in [3.8, 4) is 0 Å². The van der Waals surface area contributed by atoms with Gasteiger partial charge in [0, 0.05) is 23.5 Å². The Bertz CT molecular complexity index is 1710. The van der Waals surface area contributed by atoms with Crippen LogP contribution < -0.4 is 21.1 Å². The topological polar surface area (TPSA) is 221 Å². The first kappa shape index (κ1) is 37.1. The molecule has 4 rings (SSSR count). The first-order valence-corrected chi connectivity index (χ1v) is 19.4. The van der Waals surface area contributed by atoms with Gasteiger partial charge in [-0.1, -0.05) is 72.4 Å². The molecular formula is C33H45N5O8PS+. The standard InChI is InChI=1S/C33H44N5O8PS/c1-48(45,46)38-27(15-7-10-18-34)29(39)37-33(43,20-23-11-3-2-4-12-23)47(44)22-32(16-8-9-17-32)31(42)36-28(30(40)41)19-24-21-35-26-14-6-5-13-25(24)26/h2-6,11-14,21,27-28,35,38,43H,7-10,15-20,22,34H2,1H3,(H2-,36,37,39,40,41,42)/p+1/t27-,28-,33+/m0/s1. The Kier molecular flexibility index (Phi) is 12.5. The molecule has 1 saturated carbocycles. The highest BCUT2D eigenvalue weighted by Crippen LogP contribution is 2.49. The number of carboxylic acids is 1. The second-order valence-electron chi connectivity index (χ2n) is 12.6. The van der Waals surface area contributed by atoms with Crippen LogP contribution in [0, 0.1) is 5.41 Å². The molecule has 3 aromatic rings. The van der Waals surface area contributed by atoms with Crippen molar-refractivity contribution in [3.63, 3.8) is 0 Å². The Balaban J connectivity index is 1.59. The third-order valence-electron chi connectivity index (χ3n) is 8.84. The highest BCUT2D eigenvalue weighted by Gasteiger charge is 2.57. The number of aliphatic carboxylic acids is 1. The predicted molar refractivity (Wildman–Crippen MR) is 183 cm³/mol. The van der Waals surface area contributed by atoms with Crippen molar-refractivity contribution in [2.75, 3.05) is 19.0 Å². The number of benzene rings is 2. The summed E-state index contributed by atoms with van der Waals surface area (Å²) in [5, 5.41) is 28.1. The number of carboxylic acid groups (broad SMARTS) is 1. The highest BCUT2D eigenvalue weighted by atomic mass is 32.2. The molecule has 2 amide bonds. The monoisotopic (exact) mass is 702 g/mol. The fourth-order valence-corrected chi connectivity index (χ4v) is 8.91. The Hall–Kier alpha value is -3.68. The minimum absolute atomic E-state index is 0.0141. The number of H-pyrrole nitrogens is 1. The fourth-order valence-electron chi connectivity index (χ4n) is 6.30. The summed E-state index contributed by atoms with van der Waals surface area (Å²) < 4.78 is 40.8. The van der Waals surface area contributed by atoms with Crippen molar-refractivity contribution in [1.29, 1.82) is 0 Å². The molecule has 1 unspecified atom stereocenters. The fraction of sp³-hybridized carbons (Fsp3) is 0.485. The Morgan fingerprint density at radius 2 is 1.71 bits per heavy atom. The van der Waals surface area contributed by atoms with Gasteiger partial charge in [0.15, 0.2) is 6.16 Å². The zero-order chi connectivity index (χ0) is 35.0. The summed E-state index contributed by atoms with van der Waals surface area (Å²) in [4.78, 5) is 43.0. The van der Waals surface area contributed by atoms with E-state index < -0.39 is 58.6 Å². The zero-order valence-electron chi connectivity index (χ0n) is 27.0. The molecule has 1 fully saturated rings. The van der Waals surface area contributed by atoms with Crippen molar-refractivity contribution in [1.82, 2.24) is 20.3 Å². The average Bonchev–Trinajstić information content (AvgIpc) is 3.68. The number of rotatable bonds is 18. The van der Waals surface area contributed by atoms with E-state index in [1.54, 1.807) is 36.5 Å². The van der Waals surface area contributed by atoms with Crippen LogP contribution >= 0.6 is 7.80 Å². The van der Waals surface area contributed by atoms with Crippen molar-refractivity contribution in [2.24, 2.45) is 11.1 Å². The summed E-state index contributed by atoms with van der Waals surface area (Å²) in [6, 6.07) is 13.5. The van der Waals surface area contributed by atoms with Crippen LogP contribution in [0.4, 0.5) is 0 Å². The van der Waals surface area contributed by atoms with Crippen molar-refractivity contribution < 1.29 is 37.6 Å². The molecule has 1 aromatic heterocycles. The van der Waals surface area contributed by atoms with E-state index in [4.69, 9.17) is 5.73 Å². The number of amides is 2. The molecule has 0 spiro atoms. The molecule has 260 valence electrons. The number of hydrogen-bond donors (Lipinski definition) is 7. The SMILES string of the molecule is CS(=O)(=O)N[C@@H](CCCCN)C(=O)N[C@@](O)(Cc1ccccc1)[P+](=O)CC1(C(=O)N[C@@H](Cc2c[nH]c3ccccc23)C(=O)O)CCCC1. The lowest BCUT2D eigenvalue weighted by Gasteiger charge is -2.29. The second kappa shape index (κ2) is 16.1. The van der Waals surface area contributed by atoms with Crippen LogP contribution in [-0.2, 0) is 41.8 Å². The van der Waals surface area contributed by atoms with Crippen LogP contribution in [0.25, 0.3) is 10.9 Å². The molecule has 2 aromatic carbocycles. The van der Waals surface area contributed by atoms with E-state index in [1.807, 2.05) is 24.3 Å². The highest BCUT2D eigenvalue weighted by molar-refractivity contribution is 7.88. The number of carbonyl (C=O) groups excluding carboxylic acids is 2. The number of aliphatic hydroxyl groups is 1. The summed E-state index contributed by atoms with van der Waals surface area (Å²) in [5.74, 6) is -2.67. The van der Waals surface area contributed by atoms with Gasteiger partial charge in [-0.15, -0.1) is 0 Å². The molecule has 15 heteroatoms. The maximum absolute atomic E-state index is 14.3. The first-order chi connectivity index (χ1) is 22.7. The smallest absolute Gasteiger partial charge is 0.398 e. The van der Waals surface area contributed by atoms with Crippen molar-refractivity contribution in [2.45, 2.75) is 75.3 Å². The van der Waals surface area contributed by atoms with Crippen LogP contribution in [-0.4, -0.2) is 77.9 Å². The minimum Gasteiger partial charge on any atom is -0.480 e. The number of aromatic nitrogens is 1. The van der Waals surface area contributed by atoms with E-state index in [1.165, 1.54) is 0 Å². The van der Waals surface area contributed by atoms with Gasteiger partial charge in [0.25, 0.3) is 0 Å². The summed E-state index contributed by atoms with van der Waals surface area (Å²) in [6.07, 6.45) is 4.96. The third-order valence-corrected chi connectivity index (χ3v) is 11.5. The molecular weight excluding hydrogens is 657 g/mol. The van der Waals surface area contributed by atoms with Crippen LogP contribution in [0.5, 0.6) is 0 Å². The van der Waals surface area contributed by atoms with Gasteiger partial charge in [0.2, 0.25) is 21.8 Å². The van der Waals surface area contributed by atoms with E-state index in [9.17, 15) is 37.6 Å². The molecule has 0 radical (unpaired) electrons. The summed E-state index contributed by atoms with van der Waals surface area (Å²) in [5.41, 5.74) is 4.06. The van der Waals surface area contributed by atoms with Crippen LogP contribution in [0.3, 0.4) is 0 Å². The van der Waals surface area contributed by atoms with Gasteiger partial charge < -0.3 is 26.2 Å². The second-order valence-corrected chi connectivity index (χ2v) is 16.2. The number of nitrogens with one attached hydrogen (secondary N) is 4. The van der Waals surface area contributed by atoms with Crippen LogP contribution in [0.1, 0.15) is 56.1 Å². The maximum Gasteiger partial charge on any atom is 0.398 e. The molecule has 0 saturated heterocycles. The zero-order valence-corrected chi connectivity index (χ0v) is 28.7. The van der Waals surface area contributed by atoms with Crippen LogP contribution in [0.15, 0.2) is 60.8 Å². The van der Waals surface area contributed by atoms with Gasteiger partial charge in [-0.25, -0.2) is 17.9 Å². The first-order valence-electron chi connectivity index (χ1n) is 16.0. The van der Waals surface area contributed by atoms with Crippen molar-refractivity contribution in [3.05, 3.63) is 71.9 Å². The number of unbranched alkanes of at least 4 members (excludes halogenated alkanes) is 1. The van der Waals surface area contributed by atoms with Crippen molar-refractivity contribution >= 4 is 46.5 Å². The molecule has 8 N–H and O–H groups in total. The lowest BCUT2D eigenvalue weighted by atomic mass is 9.87. The molecule has 1 heterocycles. The van der Waals surface area contributed by atoms with Gasteiger partial charge in [-0.3, -0.25) is 14.9 Å².